The lowest BCUT2D eigenvalue weighted by atomic mass is 9.75. The fraction of sp³-hybridized carbons (Fsp3) is 0.611. The molecule has 1 N–H and O–H groups in total. The summed E-state index contributed by atoms with van der Waals surface area (Å²) in [5.41, 5.74) is 1.37. The molecule has 2 fully saturated rings. The zero-order valence-electron chi connectivity index (χ0n) is 12.7. The van der Waals surface area contributed by atoms with Crippen molar-refractivity contribution in [1.82, 2.24) is 4.90 Å². The monoisotopic (exact) mass is 287 g/mol. The van der Waals surface area contributed by atoms with Crippen molar-refractivity contribution in [3.05, 3.63) is 35.9 Å². The van der Waals surface area contributed by atoms with Crippen LogP contribution in [0.3, 0.4) is 0 Å². The van der Waals surface area contributed by atoms with Gasteiger partial charge < -0.3 is 10.0 Å². The van der Waals surface area contributed by atoms with Crippen LogP contribution in [-0.4, -0.2) is 35.6 Å². The van der Waals surface area contributed by atoms with Crippen LogP contribution >= 0.6 is 0 Å². The van der Waals surface area contributed by atoms with Crippen LogP contribution in [-0.2, 0) is 4.79 Å². The first-order valence-electron chi connectivity index (χ1n) is 8.13. The second kappa shape index (κ2) is 6.18. The molecule has 0 spiro atoms. The molecule has 3 heteroatoms. The van der Waals surface area contributed by atoms with Gasteiger partial charge in [0, 0.05) is 12.6 Å². The first kappa shape index (κ1) is 14.6. The number of hydrogen-bond donors (Lipinski definition) is 1. The van der Waals surface area contributed by atoms with Crippen LogP contribution in [0.25, 0.3) is 0 Å². The van der Waals surface area contributed by atoms with Crippen LogP contribution in [0.4, 0.5) is 0 Å². The minimum absolute atomic E-state index is 0.182. The van der Waals surface area contributed by atoms with Gasteiger partial charge in [0.15, 0.2) is 0 Å². The third-order valence-electron chi connectivity index (χ3n) is 5.21. The van der Waals surface area contributed by atoms with Crippen molar-refractivity contribution < 1.29 is 9.90 Å². The molecule has 114 valence electrons. The van der Waals surface area contributed by atoms with Gasteiger partial charge in [-0.05, 0) is 56.6 Å². The van der Waals surface area contributed by atoms with Gasteiger partial charge in [-0.2, -0.15) is 0 Å². The number of hydrogen-bond acceptors (Lipinski definition) is 2. The van der Waals surface area contributed by atoms with E-state index >= 15 is 0 Å². The summed E-state index contributed by atoms with van der Waals surface area (Å²) in [7, 11) is 2.12. The van der Waals surface area contributed by atoms with Gasteiger partial charge in [-0.15, -0.1) is 0 Å². The van der Waals surface area contributed by atoms with Gasteiger partial charge >= 0.3 is 5.97 Å². The summed E-state index contributed by atoms with van der Waals surface area (Å²) in [6.45, 7) is 1.07. The molecule has 2 saturated carbocycles. The topological polar surface area (TPSA) is 40.5 Å². The summed E-state index contributed by atoms with van der Waals surface area (Å²) >= 11 is 0. The fourth-order valence-electron chi connectivity index (χ4n) is 3.79. The minimum Gasteiger partial charge on any atom is -0.481 e. The molecule has 0 heterocycles. The Hall–Kier alpha value is -1.35. The van der Waals surface area contributed by atoms with Gasteiger partial charge in [-0.1, -0.05) is 30.3 Å². The molecule has 3 unspecified atom stereocenters. The third-order valence-corrected chi connectivity index (χ3v) is 5.21. The van der Waals surface area contributed by atoms with Crippen LogP contribution in [0.1, 0.15) is 43.6 Å². The second-order valence-corrected chi connectivity index (χ2v) is 6.82. The molecule has 2 aliphatic carbocycles. The Bertz CT molecular complexity index is 483. The first-order chi connectivity index (χ1) is 10.1. The maximum absolute atomic E-state index is 11.6. The van der Waals surface area contributed by atoms with E-state index in [9.17, 15) is 9.90 Å². The maximum Gasteiger partial charge on any atom is 0.308 e. The van der Waals surface area contributed by atoms with E-state index in [0.717, 1.165) is 31.7 Å². The normalized spacial score (nSPS) is 29.5. The Kier molecular flexibility index (Phi) is 4.29. The van der Waals surface area contributed by atoms with E-state index in [1.54, 1.807) is 0 Å². The largest absolute Gasteiger partial charge is 0.481 e. The highest BCUT2D eigenvalue weighted by atomic mass is 16.4. The molecular weight excluding hydrogens is 262 g/mol. The fourth-order valence-corrected chi connectivity index (χ4v) is 3.79. The van der Waals surface area contributed by atoms with E-state index < -0.39 is 5.97 Å². The summed E-state index contributed by atoms with van der Waals surface area (Å²) < 4.78 is 0. The van der Waals surface area contributed by atoms with Crippen molar-refractivity contribution in [2.24, 2.45) is 11.8 Å². The minimum atomic E-state index is -0.617. The number of carbonyl (C=O) groups is 1. The molecule has 0 radical (unpaired) electrons. The smallest absolute Gasteiger partial charge is 0.308 e. The SMILES string of the molecule is CN(CC1CC1)C1CC(c2ccccc2)CCC1C(=O)O. The van der Waals surface area contributed by atoms with Crippen molar-refractivity contribution in [2.45, 2.75) is 44.1 Å². The molecule has 3 atom stereocenters. The molecule has 3 nitrogen and oxygen atoms in total. The van der Waals surface area contributed by atoms with Gasteiger partial charge in [0.25, 0.3) is 0 Å². The van der Waals surface area contributed by atoms with Gasteiger partial charge in [0.05, 0.1) is 5.92 Å². The van der Waals surface area contributed by atoms with Crippen molar-refractivity contribution in [2.75, 3.05) is 13.6 Å². The maximum atomic E-state index is 11.6. The van der Waals surface area contributed by atoms with Gasteiger partial charge in [0.1, 0.15) is 0 Å². The molecular formula is C18H25NO2. The van der Waals surface area contributed by atoms with Crippen LogP contribution in [0.2, 0.25) is 0 Å². The summed E-state index contributed by atoms with van der Waals surface area (Å²) in [6, 6.07) is 10.8. The second-order valence-electron chi connectivity index (χ2n) is 6.82. The number of nitrogens with zero attached hydrogens (tertiary/aromatic N) is 1. The van der Waals surface area contributed by atoms with E-state index in [-0.39, 0.29) is 12.0 Å². The highest BCUT2D eigenvalue weighted by Gasteiger charge is 2.39. The molecule has 3 rings (SSSR count). The van der Waals surface area contributed by atoms with E-state index in [1.165, 1.54) is 18.4 Å². The Morgan fingerprint density at radius 2 is 1.90 bits per heavy atom. The number of carboxylic acid groups (broad SMARTS) is 1. The van der Waals surface area contributed by atoms with Crippen molar-refractivity contribution in [3.63, 3.8) is 0 Å². The number of benzene rings is 1. The average molecular weight is 287 g/mol. The molecule has 1 aromatic carbocycles. The summed E-state index contributed by atoms with van der Waals surface area (Å²) in [5.74, 6) is 0.498. The van der Waals surface area contributed by atoms with Crippen LogP contribution < -0.4 is 0 Å². The highest BCUT2D eigenvalue weighted by Crippen LogP contribution is 2.39. The van der Waals surface area contributed by atoms with Crippen molar-refractivity contribution in [3.8, 4) is 0 Å². The Balaban J connectivity index is 1.73. The molecule has 0 saturated heterocycles. The Labute approximate surface area is 127 Å². The van der Waals surface area contributed by atoms with E-state index in [0.29, 0.717) is 5.92 Å². The molecule has 2 aliphatic rings. The number of carboxylic acids is 1. The predicted octanol–water partition coefficient (Wildman–Crippen LogP) is 3.37. The molecule has 0 bridgehead atoms. The lowest BCUT2D eigenvalue weighted by molar-refractivity contribution is -0.145. The Morgan fingerprint density at radius 3 is 2.52 bits per heavy atom. The average Bonchev–Trinajstić information content (AvgIpc) is 3.31. The zero-order chi connectivity index (χ0) is 14.8. The highest BCUT2D eigenvalue weighted by molar-refractivity contribution is 5.71. The lowest BCUT2D eigenvalue weighted by Crippen LogP contribution is -2.45. The molecule has 0 aromatic heterocycles. The van der Waals surface area contributed by atoms with E-state index in [1.807, 2.05) is 6.07 Å². The van der Waals surface area contributed by atoms with E-state index in [4.69, 9.17) is 0 Å². The van der Waals surface area contributed by atoms with Gasteiger partial charge in [-0.3, -0.25) is 4.79 Å². The molecule has 0 aliphatic heterocycles. The molecule has 1 aromatic rings. The van der Waals surface area contributed by atoms with Crippen molar-refractivity contribution >= 4 is 5.97 Å². The number of aliphatic carboxylic acids is 1. The zero-order valence-corrected chi connectivity index (χ0v) is 12.7. The number of rotatable bonds is 5. The summed E-state index contributed by atoms with van der Waals surface area (Å²) in [6.07, 6.45) is 5.40. The van der Waals surface area contributed by atoms with Gasteiger partial charge in [-0.25, -0.2) is 0 Å². The Morgan fingerprint density at radius 1 is 1.19 bits per heavy atom. The quantitative estimate of drug-likeness (QED) is 0.902. The predicted molar refractivity (Wildman–Crippen MR) is 83.3 cm³/mol. The van der Waals surface area contributed by atoms with Gasteiger partial charge in [0.2, 0.25) is 0 Å². The summed E-state index contributed by atoms with van der Waals surface area (Å²) in [4.78, 5) is 13.9. The van der Waals surface area contributed by atoms with E-state index in [2.05, 4.69) is 36.2 Å². The third kappa shape index (κ3) is 3.46. The van der Waals surface area contributed by atoms with Crippen LogP contribution in [0, 0.1) is 11.8 Å². The molecule has 0 amide bonds. The van der Waals surface area contributed by atoms with Crippen molar-refractivity contribution in [1.29, 1.82) is 0 Å². The van der Waals surface area contributed by atoms with Crippen LogP contribution in [0.15, 0.2) is 30.3 Å². The lowest BCUT2D eigenvalue weighted by Gasteiger charge is -2.39. The first-order valence-corrected chi connectivity index (χ1v) is 8.13. The standard InChI is InChI=1S/C18H25NO2/c1-19(12-13-7-8-13)17-11-15(9-10-16(17)18(20)21)14-5-3-2-4-6-14/h2-6,13,15-17H,7-12H2,1H3,(H,20,21). The van der Waals surface area contributed by atoms with Crippen LogP contribution in [0.5, 0.6) is 0 Å². The summed E-state index contributed by atoms with van der Waals surface area (Å²) in [5, 5.41) is 9.54. The molecule has 21 heavy (non-hydrogen) atoms.